The molecular formula is C9H10N2O2. The molecule has 0 amide bonds. The van der Waals surface area contributed by atoms with Crippen LogP contribution < -0.4 is 5.32 Å². The van der Waals surface area contributed by atoms with E-state index in [1.54, 1.807) is 12.1 Å². The molecule has 0 aliphatic carbocycles. The summed E-state index contributed by atoms with van der Waals surface area (Å²) >= 11 is 0. The van der Waals surface area contributed by atoms with Crippen LogP contribution in [-0.2, 0) is 13.0 Å². The van der Waals surface area contributed by atoms with Crippen molar-refractivity contribution in [2.75, 3.05) is 6.54 Å². The lowest BCUT2D eigenvalue weighted by Crippen LogP contribution is -2.23. The van der Waals surface area contributed by atoms with Crippen LogP contribution in [0.5, 0.6) is 0 Å². The van der Waals surface area contributed by atoms with E-state index in [-0.39, 0.29) is 10.6 Å². The van der Waals surface area contributed by atoms with E-state index in [1.165, 1.54) is 5.56 Å². The van der Waals surface area contributed by atoms with Crippen molar-refractivity contribution < 1.29 is 4.92 Å². The minimum atomic E-state index is -0.345. The fraction of sp³-hybridized carbons (Fsp3) is 0.333. The van der Waals surface area contributed by atoms with Crippen LogP contribution in [0.15, 0.2) is 18.2 Å². The molecule has 0 saturated carbocycles. The molecule has 0 fully saturated rings. The fourth-order valence-electron chi connectivity index (χ4n) is 1.58. The summed E-state index contributed by atoms with van der Waals surface area (Å²) in [4.78, 5) is 10.1. The molecule has 68 valence electrons. The highest BCUT2D eigenvalue weighted by Gasteiger charge is 2.12. The lowest BCUT2D eigenvalue weighted by molar-refractivity contribution is -0.384. The maximum Gasteiger partial charge on any atom is 0.269 e. The summed E-state index contributed by atoms with van der Waals surface area (Å²) in [6.07, 6.45) is 0.886. The van der Waals surface area contributed by atoms with Gasteiger partial charge in [0.25, 0.3) is 5.69 Å². The van der Waals surface area contributed by atoms with Gasteiger partial charge in [0, 0.05) is 18.7 Å². The van der Waals surface area contributed by atoms with E-state index in [1.807, 2.05) is 6.07 Å². The number of nitro groups is 1. The number of nitro benzene ring substituents is 1. The fourth-order valence-corrected chi connectivity index (χ4v) is 1.58. The Morgan fingerprint density at radius 2 is 2.23 bits per heavy atom. The van der Waals surface area contributed by atoms with Crippen molar-refractivity contribution >= 4 is 5.69 Å². The molecule has 2 rings (SSSR count). The second-order valence-electron chi connectivity index (χ2n) is 3.14. The van der Waals surface area contributed by atoms with Gasteiger partial charge in [-0.25, -0.2) is 0 Å². The van der Waals surface area contributed by atoms with Crippen LogP contribution >= 0.6 is 0 Å². The van der Waals surface area contributed by atoms with Gasteiger partial charge in [0.2, 0.25) is 0 Å². The molecule has 13 heavy (non-hydrogen) atoms. The molecule has 1 heterocycles. The average molecular weight is 178 g/mol. The van der Waals surface area contributed by atoms with Gasteiger partial charge in [-0.1, -0.05) is 6.07 Å². The summed E-state index contributed by atoms with van der Waals surface area (Å²) in [5, 5.41) is 13.7. The lowest BCUT2D eigenvalue weighted by Gasteiger charge is -2.15. The smallest absolute Gasteiger partial charge is 0.269 e. The van der Waals surface area contributed by atoms with E-state index in [2.05, 4.69) is 5.32 Å². The van der Waals surface area contributed by atoms with Crippen LogP contribution in [0, 0.1) is 10.1 Å². The Balaban J connectivity index is 2.40. The predicted octanol–water partition coefficient (Wildman–Crippen LogP) is 1.24. The first-order valence-corrected chi connectivity index (χ1v) is 4.24. The van der Waals surface area contributed by atoms with Crippen molar-refractivity contribution in [1.82, 2.24) is 5.32 Å². The summed E-state index contributed by atoms with van der Waals surface area (Å²) < 4.78 is 0. The van der Waals surface area contributed by atoms with Gasteiger partial charge in [-0.15, -0.1) is 0 Å². The zero-order chi connectivity index (χ0) is 9.26. The van der Waals surface area contributed by atoms with Crippen LogP contribution in [0.2, 0.25) is 0 Å². The molecule has 1 aromatic carbocycles. The van der Waals surface area contributed by atoms with E-state index in [0.29, 0.717) is 0 Å². The normalized spacial score (nSPS) is 15.1. The van der Waals surface area contributed by atoms with Crippen LogP contribution in [0.25, 0.3) is 0 Å². The number of non-ortho nitro benzene ring substituents is 1. The first kappa shape index (κ1) is 8.19. The van der Waals surface area contributed by atoms with Crippen LogP contribution in [0.1, 0.15) is 11.1 Å². The molecule has 0 radical (unpaired) electrons. The number of fused-ring (bicyclic) bond motifs is 1. The zero-order valence-electron chi connectivity index (χ0n) is 7.12. The SMILES string of the molecule is O=[N+]([O-])c1ccc2c(c1)CCNC2. The van der Waals surface area contributed by atoms with Gasteiger partial charge < -0.3 is 5.32 Å². The lowest BCUT2D eigenvalue weighted by atomic mass is 10.0. The van der Waals surface area contributed by atoms with Crippen molar-refractivity contribution in [1.29, 1.82) is 0 Å². The Bertz CT molecular complexity index is 349. The molecule has 0 unspecified atom stereocenters. The molecular weight excluding hydrogens is 168 g/mol. The number of nitrogens with zero attached hydrogens (tertiary/aromatic N) is 1. The average Bonchev–Trinajstić information content (AvgIpc) is 2.17. The van der Waals surface area contributed by atoms with Crippen LogP contribution in [0.4, 0.5) is 5.69 Å². The van der Waals surface area contributed by atoms with Crippen molar-refractivity contribution in [3.05, 3.63) is 39.4 Å². The molecule has 1 N–H and O–H groups in total. The van der Waals surface area contributed by atoms with E-state index < -0.39 is 0 Å². The van der Waals surface area contributed by atoms with E-state index >= 15 is 0 Å². The minimum absolute atomic E-state index is 0.195. The number of benzene rings is 1. The number of hydrogen-bond donors (Lipinski definition) is 1. The van der Waals surface area contributed by atoms with Crippen molar-refractivity contribution in [2.45, 2.75) is 13.0 Å². The highest BCUT2D eigenvalue weighted by molar-refractivity contribution is 5.40. The molecule has 0 bridgehead atoms. The largest absolute Gasteiger partial charge is 0.312 e. The predicted molar refractivity (Wildman–Crippen MR) is 48.5 cm³/mol. The Hall–Kier alpha value is -1.42. The molecule has 0 aromatic heterocycles. The molecule has 1 aliphatic heterocycles. The van der Waals surface area contributed by atoms with Crippen LogP contribution in [0.3, 0.4) is 0 Å². The maximum absolute atomic E-state index is 10.5. The Morgan fingerprint density at radius 3 is 3.00 bits per heavy atom. The van der Waals surface area contributed by atoms with E-state index in [9.17, 15) is 10.1 Å². The van der Waals surface area contributed by atoms with Crippen molar-refractivity contribution in [2.24, 2.45) is 0 Å². The first-order valence-electron chi connectivity index (χ1n) is 4.24. The number of nitrogens with one attached hydrogen (secondary N) is 1. The van der Waals surface area contributed by atoms with Gasteiger partial charge in [0.1, 0.15) is 0 Å². The van der Waals surface area contributed by atoms with Crippen molar-refractivity contribution in [3.63, 3.8) is 0 Å². The monoisotopic (exact) mass is 178 g/mol. The molecule has 0 atom stereocenters. The second kappa shape index (κ2) is 3.14. The topological polar surface area (TPSA) is 55.2 Å². The van der Waals surface area contributed by atoms with E-state index in [0.717, 1.165) is 25.1 Å². The third-order valence-electron chi connectivity index (χ3n) is 2.29. The quantitative estimate of drug-likeness (QED) is 0.520. The molecule has 4 nitrogen and oxygen atoms in total. The number of hydrogen-bond acceptors (Lipinski definition) is 3. The zero-order valence-corrected chi connectivity index (χ0v) is 7.12. The van der Waals surface area contributed by atoms with Crippen molar-refractivity contribution in [3.8, 4) is 0 Å². The summed E-state index contributed by atoms with van der Waals surface area (Å²) in [7, 11) is 0. The molecule has 0 spiro atoms. The minimum Gasteiger partial charge on any atom is -0.312 e. The highest BCUT2D eigenvalue weighted by Crippen LogP contribution is 2.20. The highest BCUT2D eigenvalue weighted by atomic mass is 16.6. The van der Waals surface area contributed by atoms with E-state index in [4.69, 9.17) is 0 Å². The Kier molecular flexibility index (Phi) is 1.98. The van der Waals surface area contributed by atoms with Gasteiger partial charge in [-0.05, 0) is 24.1 Å². The van der Waals surface area contributed by atoms with Gasteiger partial charge in [0.15, 0.2) is 0 Å². The van der Waals surface area contributed by atoms with Crippen LogP contribution in [-0.4, -0.2) is 11.5 Å². The third-order valence-corrected chi connectivity index (χ3v) is 2.29. The molecule has 1 aromatic rings. The summed E-state index contributed by atoms with van der Waals surface area (Å²) in [6.45, 7) is 1.74. The first-order chi connectivity index (χ1) is 6.27. The molecule has 0 saturated heterocycles. The van der Waals surface area contributed by atoms with Gasteiger partial charge in [-0.2, -0.15) is 0 Å². The van der Waals surface area contributed by atoms with Gasteiger partial charge in [0.05, 0.1) is 4.92 Å². The summed E-state index contributed by atoms with van der Waals surface area (Å²) in [6, 6.07) is 5.07. The van der Waals surface area contributed by atoms with Gasteiger partial charge in [-0.3, -0.25) is 10.1 Å². The molecule has 4 heteroatoms. The summed E-state index contributed by atoms with van der Waals surface area (Å²) in [5.74, 6) is 0. The van der Waals surface area contributed by atoms with Gasteiger partial charge >= 0.3 is 0 Å². The third kappa shape index (κ3) is 1.53. The maximum atomic E-state index is 10.5. The standard InChI is InChI=1S/C9H10N2O2/c12-11(13)9-2-1-8-6-10-4-3-7(8)5-9/h1-2,5,10H,3-4,6H2. The summed E-state index contributed by atoms with van der Waals surface area (Å²) in [5.41, 5.74) is 2.48. The molecule has 1 aliphatic rings. The number of rotatable bonds is 1. The Morgan fingerprint density at radius 1 is 1.38 bits per heavy atom. The Labute approximate surface area is 75.7 Å². The second-order valence-corrected chi connectivity index (χ2v) is 3.14.